The molecule has 190 valence electrons. The van der Waals surface area contributed by atoms with Crippen LogP contribution < -0.4 is 10.6 Å². The molecule has 2 saturated carbocycles. The van der Waals surface area contributed by atoms with Gasteiger partial charge >= 0.3 is 0 Å². The van der Waals surface area contributed by atoms with Crippen LogP contribution in [-0.4, -0.2) is 23.1 Å². The molecule has 2 N–H and O–H groups in total. The van der Waals surface area contributed by atoms with Crippen molar-refractivity contribution in [2.45, 2.75) is 89.1 Å². The first-order chi connectivity index (χ1) is 17.6. The number of aromatic nitrogens is 2. The molecule has 2 aromatic heterocycles. The van der Waals surface area contributed by atoms with Gasteiger partial charge < -0.3 is 10.6 Å². The maximum Gasteiger partial charge on any atom is 0.0889 e. The van der Waals surface area contributed by atoms with Gasteiger partial charge in [-0.05, 0) is 136 Å². The molecule has 4 heteroatoms. The Kier molecular flexibility index (Phi) is 4.86. The Bertz CT molecular complexity index is 1110. The molecular weight excluding hydrogens is 440 g/mol. The average Bonchev–Trinajstić information content (AvgIpc) is 2.87. The van der Waals surface area contributed by atoms with E-state index in [1.54, 1.807) is 0 Å². The van der Waals surface area contributed by atoms with Gasteiger partial charge in [-0.15, -0.1) is 0 Å². The van der Waals surface area contributed by atoms with Crippen molar-refractivity contribution in [2.24, 2.45) is 35.5 Å². The summed E-state index contributed by atoms with van der Waals surface area (Å²) in [5, 5.41) is 8.08. The van der Waals surface area contributed by atoms with Gasteiger partial charge in [0.15, 0.2) is 0 Å². The van der Waals surface area contributed by atoms with Crippen molar-refractivity contribution in [3.63, 3.8) is 0 Å². The number of nitrogens with one attached hydrogen (secondary N) is 2. The number of pyridine rings is 2. The van der Waals surface area contributed by atoms with E-state index in [0.717, 1.165) is 72.8 Å². The molecule has 4 bridgehead atoms. The standard InChI is InChI=1S/C32H42N4/c1-19-13-21-15-29-25(31(17-19)23(21)5-3-11-33-31)7-9-27(35-29)28-10-8-26-30(36-28)16-22-14-20(2)18-32(26)24(22)6-4-12-34-32/h7-10,19-24,33-34H,3-6,11-18H2,1-2H3/t19-,20-,21+,22+,23-,24-,31-,32-/m1/s1. The van der Waals surface area contributed by atoms with E-state index >= 15 is 0 Å². The molecule has 8 rings (SSSR count). The zero-order valence-electron chi connectivity index (χ0n) is 22.2. The SMILES string of the molecule is C[C@@H]1C[C@H]2Cc3nc(-c4ccc5c(n4)C[C@@H]4C[C@@H](C)C[C@]56NCCC[C@H]46)ccc3[C@]3(C1)NCCC[C@H]23. The minimum atomic E-state index is 0.165. The van der Waals surface area contributed by atoms with Crippen LogP contribution in [0, 0.1) is 35.5 Å². The molecule has 2 aliphatic heterocycles. The molecule has 8 atom stereocenters. The summed E-state index contributed by atoms with van der Waals surface area (Å²) in [5.41, 5.74) is 8.23. The van der Waals surface area contributed by atoms with E-state index in [0.29, 0.717) is 0 Å². The number of nitrogens with zero attached hydrogens (tertiary/aromatic N) is 2. The normalized spacial score (nSPS) is 42.5. The Morgan fingerprint density at radius 2 is 1.17 bits per heavy atom. The van der Waals surface area contributed by atoms with E-state index in [1.807, 2.05) is 0 Å². The Labute approximate surface area is 216 Å². The van der Waals surface area contributed by atoms with Crippen molar-refractivity contribution in [3.05, 3.63) is 46.8 Å². The van der Waals surface area contributed by atoms with Crippen LogP contribution in [-0.2, 0) is 23.9 Å². The third-order valence-electron chi connectivity index (χ3n) is 11.5. The highest BCUT2D eigenvalue weighted by Gasteiger charge is 2.55. The summed E-state index contributed by atoms with van der Waals surface area (Å²) in [6.45, 7) is 7.24. The summed E-state index contributed by atoms with van der Waals surface area (Å²) in [6.07, 6.45) is 13.0. The molecule has 4 fully saturated rings. The van der Waals surface area contributed by atoms with Gasteiger partial charge in [-0.3, -0.25) is 9.97 Å². The van der Waals surface area contributed by atoms with Gasteiger partial charge in [0.1, 0.15) is 0 Å². The maximum absolute atomic E-state index is 5.37. The maximum atomic E-state index is 5.37. The fourth-order valence-electron chi connectivity index (χ4n) is 10.5. The summed E-state index contributed by atoms with van der Waals surface area (Å²) in [6, 6.07) is 9.46. The molecule has 0 radical (unpaired) electrons. The highest BCUT2D eigenvalue weighted by molar-refractivity contribution is 5.58. The number of piperidine rings is 2. The van der Waals surface area contributed by atoms with Crippen molar-refractivity contribution in [2.75, 3.05) is 13.1 Å². The fraction of sp³-hybridized carbons (Fsp3) is 0.688. The van der Waals surface area contributed by atoms with E-state index in [1.165, 1.54) is 73.9 Å². The second-order valence-corrected chi connectivity index (χ2v) is 13.7. The van der Waals surface area contributed by atoms with Crippen LogP contribution in [0.25, 0.3) is 11.4 Å². The van der Waals surface area contributed by atoms with Crippen LogP contribution >= 0.6 is 0 Å². The van der Waals surface area contributed by atoms with Gasteiger partial charge in [-0.25, -0.2) is 0 Å². The Hall–Kier alpha value is -1.78. The molecule has 0 spiro atoms. The van der Waals surface area contributed by atoms with Gasteiger partial charge in [0.25, 0.3) is 0 Å². The van der Waals surface area contributed by atoms with Crippen LogP contribution in [0.1, 0.15) is 87.7 Å². The summed E-state index contributed by atoms with van der Waals surface area (Å²) < 4.78 is 0. The first-order valence-corrected chi connectivity index (χ1v) is 15.1. The highest BCUT2D eigenvalue weighted by Crippen LogP contribution is 2.57. The molecule has 0 unspecified atom stereocenters. The molecule has 4 aliphatic carbocycles. The van der Waals surface area contributed by atoms with E-state index in [9.17, 15) is 0 Å². The second-order valence-electron chi connectivity index (χ2n) is 13.7. The third kappa shape index (κ3) is 3.01. The average molecular weight is 483 g/mol. The van der Waals surface area contributed by atoms with Crippen molar-refractivity contribution < 1.29 is 0 Å². The molecule has 0 amide bonds. The molecule has 6 aliphatic rings. The van der Waals surface area contributed by atoms with Crippen LogP contribution in [0.4, 0.5) is 0 Å². The first-order valence-electron chi connectivity index (χ1n) is 15.1. The van der Waals surface area contributed by atoms with Crippen molar-refractivity contribution in [1.82, 2.24) is 20.6 Å². The largest absolute Gasteiger partial charge is 0.307 e. The summed E-state index contributed by atoms with van der Waals surface area (Å²) in [5.74, 6) is 4.74. The minimum Gasteiger partial charge on any atom is -0.307 e. The van der Waals surface area contributed by atoms with Gasteiger partial charge in [-0.1, -0.05) is 26.0 Å². The Morgan fingerprint density at radius 3 is 1.64 bits per heavy atom. The highest BCUT2D eigenvalue weighted by atomic mass is 15.0. The topological polar surface area (TPSA) is 49.8 Å². The van der Waals surface area contributed by atoms with Crippen molar-refractivity contribution in [3.8, 4) is 11.4 Å². The predicted molar refractivity (Wildman–Crippen MR) is 143 cm³/mol. The van der Waals surface area contributed by atoms with Gasteiger partial charge in [0, 0.05) is 22.5 Å². The third-order valence-corrected chi connectivity index (χ3v) is 11.5. The Balaban J connectivity index is 1.19. The molecule has 4 nitrogen and oxygen atoms in total. The van der Waals surface area contributed by atoms with Crippen LogP contribution in [0.5, 0.6) is 0 Å². The lowest BCUT2D eigenvalue weighted by molar-refractivity contribution is 0.00786. The lowest BCUT2D eigenvalue weighted by Crippen LogP contribution is -2.60. The molecule has 2 saturated heterocycles. The number of hydrogen-bond acceptors (Lipinski definition) is 4. The number of rotatable bonds is 1. The zero-order chi connectivity index (χ0) is 24.1. The smallest absolute Gasteiger partial charge is 0.0889 e. The van der Waals surface area contributed by atoms with Crippen molar-refractivity contribution >= 4 is 0 Å². The van der Waals surface area contributed by atoms with Crippen LogP contribution in [0.3, 0.4) is 0 Å². The van der Waals surface area contributed by atoms with Crippen LogP contribution in [0.2, 0.25) is 0 Å². The quantitative estimate of drug-likeness (QED) is 0.544. The van der Waals surface area contributed by atoms with E-state index in [4.69, 9.17) is 9.97 Å². The molecule has 2 aromatic rings. The fourth-order valence-corrected chi connectivity index (χ4v) is 10.5. The predicted octanol–water partition coefficient (Wildman–Crippen LogP) is 5.74. The monoisotopic (exact) mass is 482 g/mol. The molecule has 36 heavy (non-hydrogen) atoms. The van der Waals surface area contributed by atoms with Gasteiger partial charge in [-0.2, -0.15) is 0 Å². The molecular formula is C32H42N4. The minimum absolute atomic E-state index is 0.165. The summed E-state index contributed by atoms with van der Waals surface area (Å²) in [7, 11) is 0. The Morgan fingerprint density at radius 1 is 0.694 bits per heavy atom. The first kappa shape index (κ1) is 22.2. The second kappa shape index (κ2) is 7.86. The summed E-state index contributed by atoms with van der Waals surface area (Å²) >= 11 is 0. The van der Waals surface area contributed by atoms with Crippen LogP contribution in [0.15, 0.2) is 24.3 Å². The van der Waals surface area contributed by atoms with Gasteiger partial charge in [0.2, 0.25) is 0 Å². The summed E-state index contributed by atoms with van der Waals surface area (Å²) in [4.78, 5) is 10.7. The molecule has 4 heterocycles. The number of fused-ring (bicyclic) bond motifs is 2. The van der Waals surface area contributed by atoms with Crippen molar-refractivity contribution in [1.29, 1.82) is 0 Å². The lowest BCUT2D eigenvalue weighted by atomic mass is 9.54. The number of hydrogen-bond donors (Lipinski definition) is 2. The van der Waals surface area contributed by atoms with Gasteiger partial charge in [0.05, 0.1) is 11.4 Å². The molecule has 0 aromatic carbocycles. The van der Waals surface area contributed by atoms with E-state index in [2.05, 4.69) is 48.7 Å². The van der Waals surface area contributed by atoms with E-state index in [-0.39, 0.29) is 11.1 Å². The zero-order valence-corrected chi connectivity index (χ0v) is 22.2. The van der Waals surface area contributed by atoms with E-state index < -0.39 is 0 Å². The lowest BCUT2D eigenvalue weighted by Gasteiger charge is -2.57.